The quantitative estimate of drug-likeness (QED) is 0.119. The summed E-state index contributed by atoms with van der Waals surface area (Å²) < 4.78 is 9.95. The van der Waals surface area contributed by atoms with Crippen molar-refractivity contribution < 1.29 is 22.7 Å². The van der Waals surface area contributed by atoms with Gasteiger partial charge in [0.05, 0.1) is 0 Å². The van der Waals surface area contributed by atoms with Gasteiger partial charge in [0, 0.05) is 0 Å². The molecule has 0 amide bonds. The van der Waals surface area contributed by atoms with Crippen molar-refractivity contribution in [2.75, 3.05) is 13.2 Å². The van der Waals surface area contributed by atoms with Crippen molar-refractivity contribution in [3.8, 4) is 16.2 Å². The molecule has 7 aromatic rings. The molecule has 0 unspecified atom stereocenters. The molecule has 0 saturated carbocycles. The summed E-state index contributed by atoms with van der Waals surface area (Å²) in [5, 5.41) is 4.95. The molecule has 0 atom stereocenters. The molecule has 1 saturated heterocycles. The van der Waals surface area contributed by atoms with Crippen molar-refractivity contribution in [3.05, 3.63) is 272 Å². The Hall–Kier alpha value is -6.39. The molecular formula is C63H51OOsP+. The first-order valence-corrected chi connectivity index (χ1v) is 26.1. The van der Waals surface area contributed by atoms with Crippen LogP contribution in [0, 0.1) is 16.2 Å². The Bertz CT molecular complexity index is 3140. The van der Waals surface area contributed by atoms with Crippen molar-refractivity contribution in [1.82, 2.24) is 0 Å². The number of hydrogen-bond acceptors (Lipinski definition) is 1. The minimum atomic E-state index is -2.51. The number of ether oxygens (including phenoxy) is 1. The van der Waals surface area contributed by atoms with Crippen molar-refractivity contribution in [1.29, 1.82) is 0 Å². The van der Waals surface area contributed by atoms with Crippen LogP contribution in [0.5, 0.6) is 0 Å². The van der Waals surface area contributed by atoms with Crippen LogP contribution < -0.4 is 15.9 Å². The number of rotatable bonds is 6. The van der Waals surface area contributed by atoms with Crippen LogP contribution in [-0.2, 0) is 48.4 Å². The van der Waals surface area contributed by atoms with Gasteiger partial charge in [-0.1, -0.05) is 66.7 Å². The molecule has 7 aromatic carbocycles. The summed E-state index contributed by atoms with van der Waals surface area (Å²) in [6, 6.07) is 65.4. The Labute approximate surface area is 401 Å². The molecule has 1 nitrogen and oxygen atoms in total. The number of benzene rings is 7. The topological polar surface area (TPSA) is 9.23 Å². The molecule has 0 bridgehead atoms. The Morgan fingerprint density at radius 3 is 1.56 bits per heavy atom. The van der Waals surface area contributed by atoms with Crippen molar-refractivity contribution in [2.45, 2.75) is 39.5 Å². The minimum absolute atomic E-state index is 0.553. The van der Waals surface area contributed by atoms with Crippen LogP contribution in [-0.4, -0.2) is 13.2 Å². The van der Waals surface area contributed by atoms with E-state index in [0.29, 0.717) is 13.2 Å². The van der Waals surface area contributed by atoms with E-state index >= 15 is 0 Å². The molecule has 1 fully saturated rings. The first kappa shape index (κ1) is 43.5. The van der Waals surface area contributed by atoms with Crippen LogP contribution in [0.3, 0.4) is 0 Å². The molecule has 3 heteroatoms. The molecule has 1 aliphatic heterocycles. The van der Waals surface area contributed by atoms with Gasteiger partial charge in [0.15, 0.2) is 0 Å². The third-order valence-electron chi connectivity index (χ3n) is 13.3. The van der Waals surface area contributed by atoms with E-state index in [2.05, 4.69) is 230 Å². The van der Waals surface area contributed by atoms with E-state index in [1.54, 1.807) is 17.9 Å². The summed E-state index contributed by atoms with van der Waals surface area (Å²) in [6.45, 7) is 5.36. The van der Waals surface area contributed by atoms with Crippen LogP contribution >= 0.6 is 7.26 Å². The third kappa shape index (κ3) is 8.25. The zero-order chi connectivity index (χ0) is 44.9. The van der Waals surface area contributed by atoms with E-state index in [0.717, 1.165) is 42.1 Å². The van der Waals surface area contributed by atoms with Gasteiger partial charge < -0.3 is 0 Å². The summed E-state index contributed by atoms with van der Waals surface area (Å²) in [5.41, 5.74) is 19.0. The second-order valence-corrected chi connectivity index (χ2v) is 21.1. The number of fused-ring (bicyclic) bond motifs is 4. The maximum absolute atomic E-state index is 6.08. The van der Waals surface area contributed by atoms with Gasteiger partial charge in [-0.3, -0.25) is 0 Å². The third-order valence-corrected chi connectivity index (χ3v) is 18.7. The Kier molecular flexibility index (Phi) is 12.9. The monoisotopic (exact) mass is 1050 g/mol. The summed E-state index contributed by atoms with van der Waals surface area (Å²) in [6.07, 6.45) is 12.7. The molecule has 0 aromatic heterocycles. The van der Waals surface area contributed by atoms with E-state index in [1.807, 2.05) is 0 Å². The van der Waals surface area contributed by atoms with Crippen molar-refractivity contribution >= 4 is 40.4 Å². The van der Waals surface area contributed by atoms with Gasteiger partial charge in [-0.2, -0.15) is 0 Å². The van der Waals surface area contributed by atoms with E-state index in [1.165, 1.54) is 88.3 Å². The first-order chi connectivity index (χ1) is 32.6. The SMILES string of the molecule is CC=C1COCC1=CC(C#Cc1ccc2c(c1)CCc1ccccc1/C2=C1/c2ccccc2CCc2cc(/C=C/C)ccc21)=C([C]#[Os])[P+](c1ccccc1)(c1ccccc1)c1ccccc1. The van der Waals surface area contributed by atoms with Gasteiger partial charge >= 0.3 is 301 Å². The molecular weight excluding hydrogens is 994 g/mol. The van der Waals surface area contributed by atoms with Gasteiger partial charge in [0.2, 0.25) is 0 Å². The molecule has 0 radical (unpaired) electrons. The van der Waals surface area contributed by atoms with Crippen LogP contribution in [0.1, 0.15) is 69.5 Å². The fourth-order valence-electron chi connectivity index (χ4n) is 10.2. The Balaban J connectivity index is 1.22. The summed E-state index contributed by atoms with van der Waals surface area (Å²) >= 11 is 1.80. The van der Waals surface area contributed by atoms with Crippen molar-refractivity contribution in [2.24, 2.45) is 0 Å². The van der Waals surface area contributed by atoms with E-state index in [4.69, 9.17) is 4.74 Å². The number of aryl methyl sites for hydroxylation is 4. The molecule has 0 N–H and O–H groups in total. The van der Waals surface area contributed by atoms with E-state index in [-0.39, 0.29) is 0 Å². The standard InChI is InChI=1S/C63H51OP.Os/c1-4-19-46-31-38-60-52(40-46)36-34-49-20-15-17-28-58(49)62(60)63-59-29-18-16-21-50(59)35-37-53-41-47(32-39-61(53)63)30-33-51(42-54-44-64-43-48(54)5-2)45(3)65(55-22-9-6-10-23-55,56-24-11-7-12-25-56)57-26-13-8-14-27-57;/h4-29,31-32,38-42H,34-37,43-44H2,1-2H3;/q+1;/b19-4+,48-5?,51-45?,54-42?,63-62+;. The summed E-state index contributed by atoms with van der Waals surface area (Å²) in [5.74, 6) is 7.64. The zero-order valence-electron chi connectivity index (χ0n) is 37.5. The van der Waals surface area contributed by atoms with Gasteiger partial charge in [0.1, 0.15) is 0 Å². The second-order valence-electron chi connectivity index (χ2n) is 17.1. The predicted molar refractivity (Wildman–Crippen MR) is 276 cm³/mol. The fourth-order valence-corrected chi connectivity index (χ4v) is 16.0. The number of hydrogen-bond donors (Lipinski definition) is 0. The van der Waals surface area contributed by atoms with Crippen LogP contribution in [0.15, 0.2) is 216 Å². The first-order valence-electron chi connectivity index (χ1n) is 23.0. The van der Waals surface area contributed by atoms with Gasteiger partial charge in [-0.15, -0.1) is 0 Å². The molecule has 3 aliphatic rings. The molecule has 10 rings (SSSR count). The summed E-state index contributed by atoms with van der Waals surface area (Å²) in [7, 11) is -2.51. The molecule has 1 heterocycles. The Morgan fingerprint density at radius 1 is 0.530 bits per heavy atom. The van der Waals surface area contributed by atoms with E-state index in [9.17, 15) is 0 Å². The van der Waals surface area contributed by atoms with Gasteiger partial charge in [-0.05, 0) is 36.5 Å². The van der Waals surface area contributed by atoms with Crippen molar-refractivity contribution in [3.63, 3.8) is 0 Å². The van der Waals surface area contributed by atoms with Gasteiger partial charge in [-0.25, -0.2) is 0 Å². The molecule has 321 valence electrons. The zero-order valence-corrected chi connectivity index (χ0v) is 40.9. The summed E-state index contributed by atoms with van der Waals surface area (Å²) in [4.78, 5) is 0. The fraction of sp³-hybridized carbons (Fsp3) is 0.127. The average Bonchev–Trinajstić information content (AvgIpc) is 3.69. The second kappa shape index (κ2) is 19.6. The Morgan fingerprint density at radius 2 is 1.02 bits per heavy atom. The van der Waals surface area contributed by atoms with Crippen LogP contribution in [0.25, 0.3) is 17.2 Å². The van der Waals surface area contributed by atoms with Gasteiger partial charge in [0.25, 0.3) is 0 Å². The molecule has 2 aliphatic carbocycles. The maximum atomic E-state index is 6.08. The normalized spacial score (nSPS) is 17.1. The molecule has 0 spiro atoms. The van der Waals surface area contributed by atoms with E-state index < -0.39 is 7.26 Å². The predicted octanol–water partition coefficient (Wildman–Crippen LogP) is 12.9. The van der Waals surface area contributed by atoms with Crippen LogP contribution in [0.4, 0.5) is 0 Å². The average molecular weight is 1050 g/mol. The number of allylic oxidation sites excluding steroid dienone is 5. The van der Waals surface area contributed by atoms with Crippen LogP contribution in [0.2, 0.25) is 0 Å². The molecule has 66 heavy (non-hydrogen) atoms.